The van der Waals surface area contributed by atoms with Crippen LogP contribution in [0.5, 0.6) is 0 Å². The van der Waals surface area contributed by atoms with E-state index in [1.54, 1.807) is 6.26 Å². The summed E-state index contributed by atoms with van der Waals surface area (Å²) in [4.78, 5) is 0.898. The maximum absolute atomic E-state index is 12.3. The van der Waals surface area contributed by atoms with Crippen LogP contribution in [0.2, 0.25) is 0 Å². The van der Waals surface area contributed by atoms with Gasteiger partial charge in [0.2, 0.25) is 0 Å². The zero-order valence-electron chi connectivity index (χ0n) is 11.0. The third-order valence-corrected chi connectivity index (χ3v) is 4.99. The average Bonchev–Trinajstić information content (AvgIpc) is 2.47. The normalized spacial score (nSPS) is 12.5. The highest BCUT2D eigenvalue weighted by atomic mass is 79.9. The van der Waals surface area contributed by atoms with Gasteiger partial charge in [-0.05, 0) is 28.0 Å². The molecule has 1 nitrogen and oxygen atoms in total. The van der Waals surface area contributed by atoms with Crippen molar-refractivity contribution in [2.75, 3.05) is 6.26 Å². The minimum absolute atomic E-state index is 0.898. The lowest BCUT2D eigenvalue weighted by atomic mass is 10.0. The van der Waals surface area contributed by atoms with Crippen molar-refractivity contribution < 1.29 is 4.21 Å². The second kappa shape index (κ2) is 5.51. The molecule has 0 amide bonds. The van der Waals surface area contributed by atoms with E-state index in [0.29, 0.717) is 0 Å². The van der Waals surface area contributed by atoms with Crippen molar-refractivity contribution in [3.63, 3.8) is 0 Å². The summed E-state index contributed by atoms with van der Waals surface area (Å²) in [7, 11) is -1.04. The molecule has 0 spiro atoms. The molecule has 1 unspecified atom stereocenters. The molecule has 0 aliphatic carbocycles. The second-order valence-corrected chi connectivity index (χ2v) is 6.77. The summed E-state index contributed by atoms with van der Waals surface area (Å²) < 4.78 is 13.3. The van der Waals surface area contributed by atoms with Crippen LogP contribution in [-0.4, -0.2) is 10.5 Å². The molecule has 20 heavy (non-hydrogen) atoms. The molecule has 1 atom stereocenters. The number of hydrogen-bond donors (Lipinski definition) is 0. The number of rotatable bonds is 2. The third kappa shape index (κ3) is 2.32. The molecule has 0 heterocycles. The van der Waals surface area contributed by atoms with Gasteiger partial charge in [-0.15, -0.1) is 0 Å². The van der Waals surface area contributed by atoms with Gasteiger partial charge in [0.1, 0.15) is 0 Å². The van der Waals surface area contributed by atoms with Crippen molar-refractivity contribution in [1.29, 1.82) is 0 Å². The zero-order valence-corrected chi connectivity index (χ0v) is 13.4. The van der Waals surface area contributed by atoms with Gasteiger partial charge in [0.15, 0.2) is 0 Å². The Bertz CT molecular complexity index is 797. The fourth-order valence-electron chi connectivity index (χ4n) is 2.45. The summed E-state index contributed by atoms with van der Waals surface area (Å²) >= 11 is 3.63. The van der Waals surface area contributed by atoms with E-state index in [1.807, 2.05) is 54.6 Å². The van der Waals surface area contributed by atoms with Gasteiger partial charge >= 0.3 is 0 Å². The topological polar surface area (TPSA) is 17.1 Å². The van der Waals surface area contributed by atoms with Gasteiger partial charge in [0.25, 0.3) is 0 Å². The smallest absolute Gasteiger partial charge is 0.0542 e. The Balaban J connectivity index is 2.43. The van der Waals surface area contributed by atoms with E-state index in [-0.39, 0.29) is 0 Å². The fraction of sp³-hybridized carbons (Fsp3) is 0.0588. The van der Waals surface area contributed by atoms with Gasteiger partial charge in [-0.25, -0.2) is 0 Å². The second-order valence-electron chi connectivity index (χ2n) is 4.60. The Hall–Kier alpha value is -1.45. The van der Waals surface area contributed by atoms with Gasteiger partial charge in [0.05, 0.1) is 15.7 Å². The van der Waals surface area contributed by atoms with Crippen LogP contribution in [0.25, 0.3) is 21.9 Å². The highest BCUT2D eigenvalue weighted by Crippen LogP contribution is 2.37. The molecule has 100 valence electrons. The maximum Gasteiger partial charge on any atom is 0.0542 e. The van der Waals surface area contributed by atoms with E-state index >= 15 is 0 Å². The molecule has 0 saturated heterocycles. The highest BCUT2D eigenvalue weighted by Gasteiger charge is 2.14. The quantitative estimate of drug-likeness (QED) is 0.638. The summed E-state index contributed by atoms with van der Waals surface area (Å²) in [6.07, 6.45) is 1.74. The van der Waals surface area contributed by atoms with Crippen molar-refractivity contribution in [1.82, 2.24) is 0 Å². The Labute approximate surface area is 129 Å². The molecular formula is C17H13BrOS. The minimum Gasteiger partial charge on any atom is -0.255 e. The number of hydrogen-bond acceptors (Lipinski definition) is 1. The summed E-state index contributed by atoms with van der Waals surface area (Å²) in [5, 5.41) is 2.14. The molecule has 0 N–H and O–H groups in total. The van der Waals surface area contributed by atoms with Crippen LogP contribution in [0.3, 0.4) is 0 Å². The largest absolute Gasteiger partial charge is 0.255 e. The molecule has 0 radical (unpaired) electrons. The predicted octanol–water partition coefficient (Wildman–Crippen LogP) is 5.01. The fourth-order valence-corrected chi connectivity index (χ4v) is 4.00. The molecular weight excluding hydrogens is 332 g/mol. The van der Waals surface area contributed by atoms with E-state index in [0.717, 1.165) is 31.3 Å². The standard InChI is InChI=1S/C17H13BrOS/c1-20(19)17-14-10-6-5-9-13(14)16(18)11-15(17)12-7-3-2-4-8-12/h2-11H,1H3. The maximum atomic E-state index is 12.3. The Morgan fingerprint density at radius 1 is 0.900 bits per heavy atom. The lowest BCUT2D eigenvalue weighted by molar-refractivity contribution is 0.687. The highest BCUT2D eigenvalue weighted by molar-refractivity contribution is 9.10. The van der Waals surface area contributed by atoms with Crippen LogP contribution in [-0.2, 0) is 10.8 Å². The van der Waals surface area contributed by atoms with Crippen LogP contribution in [0, 0.1) is 0 Å². The first-order valence-corrected chi connectivity index (χ1v) is 8.63. The average molecular weight is 345 g/mol. The van der Waals surface area contributed by atoms with Gasteiger partial charge in [0, 0.05) is 10.7 Å². The van der Waals surface area contributed by atoms with Crippen LogP contribution in [0.1, 0.15) is 0 Å². The van der Waals surface area contributed by atoms with Crippen LogP contribution < -0.4 is 0 Å². The van der Waals surface area contributed by atoms with Crippen molar-refractivity contribution in [3.8, 4) is 11.1 Å². The van der Waals surface area contributed by atoms with Gasteiger partial charge in [-0.3, -0.25) is 4.21 Å². The van der Waals surface area contributed by atoms with Crippen molar-refractivity contribution in [3.05, 3.63) is 65.1 Å². The zero-order chi connectivity index (χ0) is 14.1. The lowest BCUT2D eigenvalue weighted by Gasteiger charge is -2.13. The Morgan fingerprint density at radius 3 is 2.15 bits per heavy atom. The molecule has 3 rings (SSSR count). The molecule has 0 saturated carbocycles. The molecule has 3 aromatic rings. The van der Waals surface area contributed by atoms with Crippen LogP contribution in [0.15, 0.2) is 70.0 Å². The van der Waals surface area contributed by atoms with E-state index in [2.05, 4.69) is 22.0 Å². The first-order chi connectivity index (χ1) is 9.68. The first-order valence-electron chi connectivity index (χ1n) is 6.28. The molecule has 0 aliphatic heterocycles. The molecule has 0 aliphatic rings. The van der Waals surface area contributed by atoms with Crippen LogP contribution in [0.4, 0.5) is 0 Å². The number of fused-ring (bicyclic) bond motifs is 1. The number of benzene rings is 3. The summed E-state index contributed by atoms with van der Waals surface area (Å²) in [6.45, 7) is 0. The van der Waals surface area contributed by atoms with E-state index < -0.39 is 10.8 Å². The minimum atomic E-state index is -1.04. The van der Waals surface area contributed by atoms with E-state index in [9.17, 15) is 4.21 Å². The molecule has 3 heteroatoms. The van der Waals surface area contributed by atoms with Crippen molar-refractivity contribution >= 4 is 37.5 Å². The summed E-state index contributed by atoms with van der Waals surface area (Å²) in [5.41, 5.74) is 2.11. The number of halogens is 1. The van der Waals surface area contributed by atoms with Crippen molar-refractivity contribution in [2.24, 2.45) is 0 Å². The third-order valence-electron chi connectivity index (χ3n) is 3.32. The lowest BCUT2D eigenvalue weighted by Crippen LogP contribution is -1.95. The summed E-state index contributed by atoms with van der Waals surface area (Å²) in [6, 6.07) is 20.2. The molecule has 3 aromatic carbocycles. The predicted molar refractivity (Wildman–Crippen MR) is 89.4 cm³/mol. The summed E-state index contributed by atoms with van der Waals surface area (Å²) in [5.74, 6) is 0. The van der Waals surface area contributed by atoms with Gasteiger partial charge in [-0.2, -0.15) is 0 Å². The molecule has 0 bridgehead atoms. The molecule has 0 fully saturated rings. The molecule has 0 aromatic heterocycles. The monoisotopic (exact) mass is 344 g/mol. The van der Waals surface area contributed by atoms with E-state index in [1.165, 1.54) is 0 Å². The van der Waals surface area contributed by atoms with Gasteiger partial charge in [-0.1, -0.05) is 70.5 Å². The SMILES string of the molecule is CS(=O)c1c(-c2ccccc2)cc(Br)c2ccccc12. The Morgan fingerprint density at radius 2 is 1.50 bits per heavy atom. The Kier molecular flexibility index (Phi) is 3.72. The van der Waals surface area contributed by atoms with Crippen molar-refractivity contribution in [2.45, 2.75) is 4.90 Å². The first kappa shape index (κ1) is 13.5. The van der Waals surface area contributed by atoms with Crippen LogP contribution >= 0.6 is 15.9 Å². The van der Waals surface area contributed by atoms with E-state index in [4.69, 9.17) is 0 Å². The van der Waals surface area contributed by atoms with Gasteiger partial charge < -0.3 is 0 Å².